The maximum atomic E-state index is 13.8. The van der Waals surface area contributed by atoms with E-state index in [4.69, 9.17) is 9.72 Å². The van der Waals surface area contributed by atoms with E-state index in [1.807, 2.05) is 23.7 Å². The minimum absolute atomic E-state index is 0.263. The zero-order valence-electron chi connectivity index (χ0n) is 16.7. The van der Waals surface area contributed by atoms with Crippen LogP contribution in [-0.4, -0.2) is 37.7 Å². The highest BCUT2D eigenvalue weighted by Crippen LogP contribution is 2.31. The molecule has 0 aliphatic carbocycles. The van der Waals surface area contributed by atoms with Crippen molar-refractivity contribution in [3.8, 4) is 23.0 Å². The van der Waals surface area contributed by atoms with E-state index >= 15 is 0 Å². The number of fused-ring (bicyclic) bond motifs is 2. The lowest BCUT2D eigenvalue weighted by molar-refractivity contribution is 0.0958. The summed E-state index contributed by atoms with van der Waals surface area (Å²) in [4.78, 5) is 20.5. The second-order valence-electron chi connectivity index (χ2n) is 6.97. The summed E-state index contributed by atoms with van der Waals surface area (Å²) in [5.41, 5.74) is 3.13. The number of H-pyrrole nitrogens is 1. The Morgan fingerprint density at radius 2 is 1.97 bits per heavy atom. The van der Waals surface area contributed by atoms with Crippen LogP contribution in [0.4, 0.5) is 4.39 Å². The van der Waals surface area contributed by atoms with E-state index in [0.29, 0.717) is 33.9 Å². The quantitative estimate of drug-likeness (QED) is 0.464. The number of amides is 1. The molecule has 0 saturated carbocycles. The number of rotatable bonds is 4. The van der Waals surface area contributed by atoms with E-state index in [2.05, 4.69) is 20.5 Å². The van der Waals surface area contributed by atoms with Gasteiger partial charge in [0.05, 0.1) is 16.6 Å². The molecule has 154 valence electrons. The SMILES string of the molecule is CNC(=O)c1cc(Oc2ccc3c(c2)nc(-c2n[nH]c4ccc(F)cc24)n3C)ccn1. The first-order valence-electron chi connectivity index (χ1n) is 9.50. The van der Waals surface area contributed by atoms with Crippen molar-refractivity contribution in [1.29, 1.82) is 0 Å². The number of imidazole rings is 1. The summed E-state index contributed by atoms with van der Waals surface area (Å²) in [6, 6.07) is 13.2. The van der Waals surface area contributed by atoms with Crippen molar-refractivity contribution < 1.29 is 13.9 Å². The van der Waals surface area contributed by atoms with Gasteiger partial charge in [-0.2, -0.15) is 5.10 Å². The van der Waals surface area contributed by atoms with Crippen LogP contribution >= 0.6 is 0 Å². The number of nitrogens with zero attached hydrogens (tertiary/aromatic N) is 4. The minimum atomic E-state index is -0.335. The van der Waals surface area contributed by atoms with Gasteiger partial charge >= 0.3 is 0 Å². The van der Waals surface area contributed by atoms with Crippen molar-refractivity contribution >= 4 is 27.8 Å². The van der Waals surface area contributed by atoms with E-state index in [0.717, 1.165) is 11.0 Å². The lowest BCUT2D eigenvalue weighted by atomic mass is 10.2. The molecule has 0 saturated heterocycles. The number of aromatic nitrogens is 5. The second-order valence-corrected chi connectivity index (χ2v) is 6.97. The maximum absolute atomic E-state index is 13.8. The Kier molecular flexibility index (Phi) is 4.36. The molecule has 31 heavy (non-hydrogen) atoms. The highest BCUT2D eigenvalue weighted by molar-refractivity contribution is 5.94. The third-order valence-corrected chi connectivity index (χ3v) is 5.02. The Hall–Kier alpha value is -4.27. The number of halogens is 1. The van der Waals surface area contributed by atoms with Gasteiger partial charge in [-0.1, -0.05) is 0 Å². The summed E-state index contributed by atoms with van der Waals surface area (Å²) in [5, 5.41) is 10.4. The molecule has 0 atom stereocenters. The summed E-state index contributed by atoms with van der Waals surface area (Å²) in [6.07, 6.45) is 1.51. The number of aryl methyl sites for hydroxylation is 1. The third-order valence-electron chi connectivity index (χ3n) is 5.02. The van der Waals surface area contributed by atoms with Crippen LogP contribution in [0.2, 0.25) is 0 Å². The first-order chi connectivity index (χ1) is 15.0. The second kappa shape index (κ2) is 7.21. The average Bonchev–Trinajstić information content (AvgIpc) is 3.33. The van der Waals surface area contributed by atoms with E-state index in [-0.39, 0.29) is 17.4 Å². The Labute approximate surface area is 175 Å². The lowest BCUT2D eigenvalue weighted by Crippen LogP contribution is -2.18. The van der Waals surface area contributed by atoms with Crippen molar-refractivity contribution in [3.63, 3.8) is 0 Å². The largest absolute Gasteiger partial charge is 0.457 e. The summed E-state index contributed by atoms with van der Waals surface area (Å²) in [7, 11) is 3.42. The molecule has 1 amide bonds. The number of aromatic amines is 1. The van der Waals surface area contributed by atoms with Gasteiger partial charge in [-0.15, -0.1) is 0 Å². The highest BCUT2D eigenvalue weighted by Gasteiger charge is 2.17. The number of carbonyl (C=O) groups is 1. The van der Waals surface area contributed by atoms with Gasteiger partial charge in [-0.25, -0.2) is 9.37 Å². The van der Waals surface area contributed by atoms with Crippen LogP contribution in [0.15, 0.2) is 54.7 Å². The van der Waals surface area contributed by atoms with Gasteiger partial charge in [-0.05, 0) is 36.4 Å². The van der Waals surface area contributed by atoms with Gasteiger partial charge in [0.1, 0.15) is 28.7 Å². The first-order valence-corrected chi connectivity index (χ1v) is 9.50. The smallest absolute Gasteiger partial charge is 0.269 e. The van der Waals surface area contributed by atoms with Crippen LogP contribution in [0.5, 0.6) is 11.5 Å². The molecule has 5 aromatic rings. The van der Waals surface area contributed by atoms with E-state index in [9.17, 15) is 9.18 Å². The van der Waals surface area contributed by atoms with Gasteiger partial charge in [0.15, 0.2) is 5.82 Å². The van der Waals surface area contributed by atoms with Gasteiger partial charge in [-0.3, -0.25) is 14.9 Å². The fourth-order valence-electron chi connectivity index (χ4n) is 3.47. The molecule has 8 nitrogen and oxygen atoms in total. The van der Waals surface area contributed by atoms with Crippen LogP contribution in [0, 0.1) is 5.82 Å². The number of benzene rings is 2. The summed E-state index contributed by atoms with van der Waals surface area (Å²) < 4.78 is 21.6. The number of hydrogen-bond donors (Lipinski definition) is 2. The number of nitrogens with one attached hydrogen (secondary N) is 2. The molecule has 0 spiro atoms. The van der Waals surface area contributed by atoms with Crippen molar-refractivity contribution in [2.45, 2.75) is 0 Å². The van der Waals surface area contributed by atoms with Crippen LogP contribution in [0.3, 0.4) is 0 Å². The molecule has 0 aliphatic rings. The molecule has 2 N–H and O–H groups in total. The Balaban J connectivity index is 1.53. The highest BCUT2D eigenvalue weighted by atomic mass is 19.1. The fraction of sp³-hybridized carbons (Fsp3) is 0.0909. The lowest BCUT2D eigenvalue weighted by Gasteiger charge is -2.07. The molecule has 5 rings (SSSR count). The van der Waals surface area contributed by atoms with Gasteiger partial charge < -0.3 is 14.6 Å². The molecule has 3 aromatic heterocycles. The number of ether oxygens (including phenoxy) is 1. The molecule has 3 heterocycles. The predicted octanol–water partition coefficient (Wildman–Crippen LogP) is 3.80. The number of pyridine rings is 1. The van der Waals surface area contributed by atoms with E-state index < -0.39 is 0 Å². The molecular formula is C22H17FN6O2. The maximum Gasteiger partial charge on any atom is 0.269 e. The predicted molar refractivity (Wildman–Crippen MR) is 113 cm³/mol. The van der Waals surface area contributed by atoms with Crippen molar-refractivity contribution in [2.24, 2.45) is 7.05 Å². The third kappa shape index (κ3) is 3.25. The topological polar surface area (TPSA) is 97.7 Å². The Bertz CT molecular complexity index is 1460. The first kappa shape index (κ1) is 18.7. The van der Waals surface area contributed by atoms with Crippen LogP contribution in [-0.2, 0) is 7.05 Å². The van der Waals surface area contributed by atoms with Crippen LogP contribution < -0.4 is 10.1 Å². The van der Waals surface area contributed by atoms with Gasteiger partial charge in [0, 0.05) is 37.8 Å². The van der Waals surface area contributed by atoms with Crippen molar-refractivity contribution in [3.05, 3.63) is 66.2 Å². The number of hydrogen-bond acceptors (Lipinski definition) is 5. The molecule has 0 bridgehead atoms. The van der Waals surface area contributed by atoms with Crippen molar-refractivity contribution in [2.75, 3.05) is 7.05 Å². The standard InChI is InChI=1S/C22H17FN6O2/c1-24-22(30)18-11-14(7-8-25-18)31-13-4-6-19-17(10-13)26-21(29(19)2)20-15-9-12(23)3-5-16(15)27-28-20/h3-11H,1-2H3,(H,24,30)(H,27,28). The molecule has 0 radical (unpaired) electrons. The summed E-state index contributed by atoms with van der Waals surface area (Å²) >= 11 is 0. The molecular weight excluding hydrogens is 399 g/mol. The van der Waals surface area contributed by atoms with Gasteiger partial charge in [0.25, 0.3) is 5.91 Å². The van der Waals surface area contributed by atoms with E-state index in [1.54, 1.807) is 31.3 Å². The summed E-state index contributed by atoms with van der Waals surface area (Å²) in [6.45, 7) is 0. The minimum Gasteiger partial charge on any atom is -0.457 e. The van der Waals surface area contributed by atoms with Crippen LogP contribution in [0.25, 0.3) is 33.5 Å². The fourth-order valence-corrected chi connectivity index (χ4v) is 3.47. The molecule has 0 aliphatic heterocycles. The van der Waals surface area contributed by atoms with E-state index in [1.165, 1.54) is 18.3 Å². The Morgan fingerprint density at radius 3 is 2.81 bits per heavy atom. The monoisotopic (exact) mass is 416 g/mol. The normalized spacial score (nSPS) is 11.2. The van der Waals surface area contributed by atoms with Crippen molar-refractivity contribution in [1.82, 2.24) is 30.0 Å². The number of carbonyl (C=O) groups excluding carboxylic acids is 1. The summed E-state index contributed by atoms with van der Waals surface area (Å²) in [5.74, 6) is 1.02. The molecule has 9 heteroatoms. The van der Waals surface area contributed by atoms with Crippen LogP contribution in [0.1, 0.15) is 10.5 Å². The zero-order chi connectivity index (χ0) is 21.5. The Morgan fingerprint density at radius 1 is 1.13 bits per heavy atom. The molecule has 0 unspecified atom stereocenters. The average molecular weight is 416 g/mol. The van der Waals surface area contributed by atoms with Gasteiger partial charge in [0.2, 0.25) is 0 Å². The molecule has 2 aromatic carbocycles. The zero-order valence-corrected chi connectivity index (χ0v) is 16.7. The molecule has 0 fully saturated rings.